The number of sulfonamides is 1. The highest BCUT2D eigenvalue weighted by Crippen LogP contribution is 2.23. The Kier molecular flexibility index (Phi) is 4.43. The molecule has 0 spiro atoms. The second-order valence-electron chi connectivity index (χ2n) is 5.05. The maximum absolute atomic E-state index is 12.3. The number of piperidine rings is 1. The third-order valence-electron chi connectivity index (χ3n) is 3.40. The van der Waals surface area contributed by atoms with Crippen LogP contribution in [0.2, 0.25) is 0 Å². The van der Waals surface area contributed by atoms with Gasteiger partial charge in [-0.2, -0.15) is 0 Å². The molecule has 7 nitrogen and oxygen atoms in total. The first kappa shape index (κ1) is 15.4. The zero-order chi connectivity index (χ0) is 14.9. The predicted octanol–water partition coefficient (Wildman–Crippen LogP) is 0.460. The molecule has 1 aromatic heterocycles. The number of carboxylic acids is 1. The van der Waals surface area contributed by atoms with Crippen LogP contribution in [0.3, 0.4) is 0 Å². The van der Waals surface area contributed by atoms with Gasteiger partial charge < -0.3 is 10.0 Å². The van der Waals surface area contributed by atoms with E-state index >= 15 is 0 Å². The summed E-state index contributed by atoms with van der Waals surface area (Å²) in [5, 5.41) is 8.96. The fraction of sp³-hybridized carbons (Fsp3) is 0.636. The molecule has 1 aliphatic heterocycles. The maximum atomic E-state index is 12.3. The van der Waals surface area contributed by atoms with Crippen LogP contribution in [0, 0.1) is 5.92 Å². The lowest BCUT2D eigenvalue weighted by atomic mass is 9.95. The molecule has 1 aliphatic rings. The van der Waals surface area contributed by atoms with Crippen LogP contribution in [0.25, 0.3) is 0 Å². The van der Waals surface area contributed by atoms with E-state index in [0.717, 1.165) is 24.4 Å². The first-order valence-electron chi connectivity index (χ1n) is 6.19. The lowest BCUT2D eigenvalue weighted by Crippen LogP contribution is -2.48. The van der Waals surface area contributed by atoms with Crippen molar-refractivity contribution in [2.45, 2.75) is 23.6 Å². The van der Waals surface area contributed by atoms with E-state index in [4.69, 9.17) is 5.11 Å². The lowest BCUT2D eigenvalue weighted by Gasteiger charge is -2.34. The minimum atomic E-state index is -3.84. The van der Waals surface area contributed by atoms with E-state index in [1.807, 2.05) is 14.0 Å². The highest BCUT2D eigenvalue weighted by Gasteiger charge is 2.32. The van der Waals surface area contributed by atoms with E-state index in [1.54, 1.807) is 0 Å². The van der Waals surface area contributed by atoms with E-state index in [0.29, 0.717) is 6.42 Å². The summed E-state index contributed by atoms with van der Waals surface area (Å²) in [7, 11) is -1.84. The van der Waals surface area contributed by atoms with Gasteiger partial charge in [0, 0.05) is 12.6 Å². The van der Waals surface area contributed by atoms with Crippen LogP contribution in [0.4, 0.5) is 0 Å². The SMILES string of the molecule is CC1CN(C)CCC1NS(=O)(=O)c1scnc1C(=O)O. The van der Waals surface area contributed by atoms with Crippen LogP contribution < -0.4 is 4.72 Å². The fourth-order valence-corrected chi connectivity index (χ4v) is 4.89. The molecule has 2 rings (SSSR count). The van der Waals surface area contributed by atoms with Crippen molar-refractivity contribution in [3.8, 4) is 0 Å². The van der Waals surface area contributed by atoms with Crippen molar-refractivity contribution in [2.75, 3.05) is 20.1 Å². The molecule has 0 aromatic carbocycles. The van der Waals surface area contributed by atoms with Crippen LogP contribution in [-0.2, 0) is 10.0 Å². The Hall–Kier alpha value is -1.03. The van der Waals surface area contributed by atoms with E-state index in [9.17, 15) is 13.2 Å². The average molecular weight is 319 g/mol. The molecule has 2 atom stereocenters. The summed E-state index contributed by atoms with van der Waals surface area (Å²) < 4.78 is 27.0. The van der Waals surface area contributed by atoms with Crippen molar-refractivity contribution in [3.63, 3.8) is 0 Å². The first-order valence-corrected chi connectivity index (χ1v) is 8.55. The fourth-order valence-electron chi connectivity index (χ4n) is 2.35. The highest BCUT2D eigenvalue weighted by atomic mass is 32.2. The molecule has 2 N–H and O–H groups in total. The largest absolute Gasteiger partial charge is 0.476 e. The Balaban J connectivity index is 2.19. The van der Waals surface area contributed by atoms with E-state index in [2.05, 4.69) is 14.6 Å². The van der Waals surface area contributed by atoms with Gasteiger partial charge in [-0.15, -0.1) is 11.3 Å². The molecule has 1 saturated heterocycles. The summed E-state index contributed by atoms with van der Waals surface area (Å²) in [5.41, 5.74) is 0.818. The Morgan fingerprint density at radius 2 is 2.30 bits per heavy atom. The number of hydrogen-bond donors (Lipinski definition) is 2. The molecule has 0 radical (unpaired) electrons. The van der Waals surface area contributed by atoms with Crippen molar-refractivity contribution in [2.24, 2.45) is 5.92 Å². The van der Waals surface area contributed by atoms with Crippen molar-refractivity contribution in [1.29, 1.82) is 0 Å². The third kappa shape index (κ3) is 3.17. The molecule has 20 heavy (non-hydrogen) atoms. The van der Waals surface area contributed by atoms with Crippen molar-refractivity contribution in [3.05, 3.63) is 11.2 Å². The third-order valence-corrected chi connectivity index (χ3v) is 6.26. The standard InChI is InChI=1S/C11H17N3O4S2/c1-7-5-14(2)4-3-8(7)13-20(17,18)11-9(10(15)16)12-6-19-11/h6-8,13H,3-5H2,1-2H3,(H,15,16). The number of nitrogens with zero attached hydrogens (tertiary/aromatic N) is 2. The predicted molar refractivity (Wildman–Crippen MR) is 74.5 cm³/mol. The number of nitrogens with one attached hydrogen (secondary N) is 1. The van der Waals surface area contributed by atoms with Crippen LogP contribution >= 0.6 is 11.3 Å². The summed E-state index contributed by atoms with van der Waals surface area (Å²) >= 11 is 0.822. The van der Waals surface area contributed by atoms with Crippen LogP contribution in [0.5, 0.6) is 0 Å². The van der Waals surface area contributed by atoms with Gasteiger partial charge in [0.15, 0.2) is 9.90 Å². The highest BCUT2D eigenvalue weighted by molar-refractivity contribution is 7.91. The molecular formula is C11H17N3O4S2. The van der Waals surface area contributed by atoms with E-state index in [1.165, 1.54) is 5.51 Å². The number of carboxylic acid groups (broad SMARTS) is 1. The molecule has 0 aliphatic carbocycles. The van der Waals surface area contributed by atoms with E-state index < -0.39 is 21.7 Å². The normalized spacial score (nSPS) is 24.7. The second-order valence-corrected chi connectivity index (χ2v) is 7.81. The van der Waals surface area contributed by atoms with Crippen molar-refractivity contribution < 1.29 is 18.3 Å². The van der Waals surface area contributed by atoms with Gasteiger partial charge in [-0.3, -0.25) is 0 Å². The molecule has 112 valence electrons. The molecule has 9 heteroatoms. The second kappa shape index (κ2) is 5.76. The molecule has 0 amide bonds. The quantitative estimate of drug-likeness (QED) is 0.836. The molecule has 1 aromatic rings. The number of aromatic nitrogens is 1. The zero-order valence-electron chi connectivity index (χ0n) is 11.2. The number of rotatable bonds is 4. The number of hydrogen-bond acceptors (Lipinski definition) is 6. The Labute approximate surface area is 121 Å². The van der Waals surface area contributed by atoms with Gasteiger partial charge in [0.2, 0.25) is 0 Å². The molecule has 0 saturated carbocycles. The zero-order valence-corrected chi connectivity index (χ0v) is 12.9. The molecule has 0 bridgehead atoms. The van der Waals surface area contributed by atoms with Crippen LogP contribution in [0.15, 0.2) is 9.72 Å². The number of likely N-dealkylation sites (tertiary alicyclic amines) is 1. The topological polar surface area (TPSA) is 99.6 Å². The number of thiazole rings is 1. The summed E-state index contributed by atoms with van der Waals surface area (Å²) in [6.45, 7) is 3.60. The van der Waals surface area contributed by atoms with Gasteiger partial charge >= 0.3 is 5.97 Å². The van der Waals surface area contributed by atoms with Gasteiger partial charge in [-0.05, 0) is 25.9 Å². The number of aromatic carboxylic acids is 1. The van der Waals surface area contributed by atoms with Crippen LogP contribution in [-0.4, -0.2) is 55.6 Å². The first-order chi connectivity index (χ1) is 9.31. The van der Waals surface area contributed by atoms with Gasteiger partial charge in [-0.25, -0.2) is 22.9 Å². The monoisotopic (exact) mass is 319 g/mol. The van der Waals surface area contributed by atoms with Gasteiger partial charge in [0.05, 0.1) is 5.51 Å². The van der Waals surface area contributed by atoms with Crippen LogP contribution in [0.1, 0.15) is 23.8 Å². The number of carbonyl (C=O) groups is 1. The molecule has 2 heterocycles. The smallest absolute Gasteiger partial charge is 0.356 e. The Bertz CT molecular complexity index is 599. The molecular weight excluding hydrogens is 302 g/mol. The summed E-state index contributed by atoms with van der Waals surface area (Å²) in [6, 6.07) is -0.181. The average Bonchev–Trinajstić information content (AvgIpc) is 2.82. The minimum absolute atomic E-state index is 0.171. The summed E-state index contributed by atoms with van der Waals surface area (Å²) in [6.07, 6.45) is 0.706. The lowest BCUT2D eigenvalue weighted by molar-refractivity contribution is 0.0687. The maximum Gasteiger partial charge on any atom is 0.356 e. The van der Waals surface area contributed by atoms with Crippen molar-refractivity contribution in [1.82, 2.24) is 14.6 Å². The Morgan fingerprint density at radius 1 is 1.60 bits per heavy atom. The van der Waals surface area contributed by atoms with Crippen molar-refractivity contribution >= 4 is 27.3 Å². The van der Waals surface area contributed by atoms with Gasteiger partial charge in [-0.1, -0.05) is 6.92 Å². The van der Waals surface area contributed by atoms with Gasteiger partial charge in [0.25, 0.3) is 10.0 Å². The van der Waals surface area contributed by atoms with E-state index in [-0.39, 0.29) is 16.2 Å². The molecule has 2 unspecified atom stereocenters. The Morgan fingerprint density at radius 3 is 2.90 bits per heavy atom. The summed E-state index contributed by atoms with van der Waals surface area (Å²) in [4.78, 5) is 16.7. The minimum Gasteiger partial charge on any atom is -0.476 e. The summed E-state index contributed by atoms with van der Waals surface area (Å²) in [5.74, 6) is -1.16. The van der Waals surface area contributed by atoms with Gasteiger partial charge in [0.1, 0.15) is 0 Å². The molecule has 1 fully saturated rings.